The van der Waals surface area contributed by atoms with E-state index in [2.05, 4.69) is 0 Å². The Hall–Kier alpha value is -1.67. The summed E-state index contributed by atoms with van der Waals surface area (Å²) in [5.74, 6) is -3.55. The van der Waals surface area contributed by atoms with Gasteiger partial charge < -0.3 is 21.1 Å². The predicted molar refractivity (Wildman–Crippen MR) is 51.9 cm³/mol. The number of carboxylic acids is 3. The predicted octanol–water partition coefficient (Wildman–Crippen LogP) is -1.74. The van der Waals surface area contributed by atoms with Crippen LogP contribution in [-0.2, 0) is 14.4 Å². The molecule has 5 N–H and O–H groups in total. The van der Waals surface area contributed by atoms with Gasteiger partial charge in [-0.1, -0.05) is 0 Å². The van der Waals surface area contributed by atoms with Crippen molar-refractivity contribution in [1.82, 2.24) is 4.90 Å². The second-order valence-corrected chi connectivity index (χ2v) is 3.23. The number of carboxylic acid groups (broad SMARTS) is 3. The molecule has 0 amide bonds. The van der Waals surface area contributed by atoms with Crippen molar-refractivity contribution in [3.63, 3.8) is 0 Å². The van der Waals surface area contributed by atoms with Gasteiger partial charge in [0.15, 0.2) is 0 Å². The Balaban J connectivity index is 4.15. The van der Waals surface area contributed by atoms with Crippen LogP contribution >= 0.6 is 0 Å². The summed E-state index contributed by atoms with van der Waals surface area (Å²) >= 11 is 0. The van der Waals surface area contributed by atoms with Crippen LogP contribution < -0.4 is 5.73 Å². The SMILES string of the molecule is NC(CCN(CC(=O)O)CC(=O)O)C(=O)O. The number of hydrogen-bond donors (Lipinski definition) is 4. The zero-order chi connectivity index (χ0) is 12.7. The van der Waals surface area contributed by atoms with Crippen LogP contribution in [0.1, 0.15) is 6.42 Å². The molecular weight excluding hydrogens is 220 g/mol. The maximum absolute atomic E-state index is 10.4. The lowest BCUT2D eigenvalue weighted by atomic mass is 10.2. The Bertz CT molecular complexity index is 264. The molecule has 0 saturated heterocycles. The molecule has 1 unspecified atom stereocenters. The third-order valence-electron chi connectivity index (χ3n) is 1.79. The third kappa shape index (κ3) is 6.74. The third-order valence-corrected chi connectivity index (χ3v) is 1.79. The summed E-state index contributed by atoms with van der Waals surface area (Å²) in [6.45, 7) is -0.913. The molecule has 92 valence electrons. The fourth-order valence-electron chi connectivity index (χ4n) is 1.04. The number of nitrogens with zero attached hydrogens (tertiary/aromatic N) is 1. The maximum atomic E-state index is 10.4. The van der Waals surface area contributed by atoms with Crippen molar-refractivity contribution in [3.8, 4) is 0 Å². The van der Waals surface area contributed by atoms with Crippen molar-refractivity contribution in [2.75, 3.05) is 19.6 Å². The first kappa shape index (κ1) is 14.3. The van der Waals surface area contributed by atoms with Crippen molar-refractivity contribution in [1.29, 1.82) is 0 Å². The molecule has 0 radical (unpaired) electrons. The highest BCUT2D eigenvalue weighted by atomic mass is 16.4. The van der Waals surface area contributed by atoms with E-state index >= 15 is 0 Å². The van der Waals surface area contributed by atoms with Gasteiger partial charge in [0.1, 0.15) is 6.04 Å². The monoisotopic (exact) mass is 234 g/mol. The van der Waals surface area contributed by atoms with Gasteiger partial charge in [0.2, 0.25) is 0 Å². The second kappa shape index (κ2) is 6.75. The van der Waals surface area contributed by atoms with Gasteiger partial charge in [-0.25, -0.2) is 0 Å². The maximum Gasteiger partial charge on any atom is 0.320 e. The molecule has 0 fully saturated rings. The minimum Gasteiger partial charge on any atom is -0.480 e. The molecule has 0 saturated carbocycles. The molecule has 0 aliphatic rings. The minimum atomic E-state index is -1.20. The molecule has 0 aromatic rings. The van der Waals surface area contributed by atoms with Crippen molar-refractivity contribution < 1.29 is 29.7 Å². The summed E-state index contributed by atoms with van der Waals surface area (Å²) in [7, 11) is 0. The molecule has 0 aromatic heterocycles. The zero-order valence-electron chi connectivity index (χ0n) is 8.50. The molecule has 0 spiro atoms. The van der Waals surface area contributed by atoms with Gasteiger partial charge in [0, 0.05) is 6.54 Å². The molecule has 8 heteroatoms. The Kier molecular flexibility index (Phi) is 6.04. The number of hydrogen-bond acceptors (Lipinski definition) is 5. The van der Waals surface area contributed by atoms with E-state index in [0.29, 0.717) is 0 Å². The lowest BCUT2D eigenvalue weighted by Gasteiger charge is -2.18. The van der Waals surface area contributed by atoms with Crippen molar-refractivity contribution in [2.45, 2.75) is 12.5 Å². The molecule has 0 rings (SSSR count). The lowest BCUT2D eigenvalue weighted by Crippen LogP contribution is -2.39. The van der Waals surface area contributed by atoms with E-state index in [1.54, 1.807) is 0 Å². The lowest BCUT2D eigenvalue weighted by molar-refractivity contribution is -0.141. The van der Waals surface area contributed by atoms with E-state index in [1.165, 1.54) is 0 Å². The number of carbonyl (C=O) groups is 3. The van der Waals surface area contributed by atoms with Crippen LogP contribution in [0.15, 0.2) is 0 Å². The molecule has 8 nitrogen and oxygen atoms in total. The first-order chi connectivity index (χ1) is 7.32. The van der Waals surface area contributed by atoms with Crippen molar-refractivity contribution in [2.24, 2.45) is 5.73 Å². The Morgan fingerprint density at radius 2 is 1.50 bits per heavy atom. The molecule has 0 heterocycles. The fourth-order valence-corrected chi connectivity index (χ4v) is 1.04. The van der Waals surface area contributed by atoms with E-state index in [0.717, 1.165) is 4.90 Å². The second-order valence-electron chi connectivity index (χ2n) is 3.23. The van der Waals surface area contributed by atoms with Gasteiger partial charge >= 0.3 is 17.9 Å². The van der Waals surface area contributed by atoms with Gasteiger partial charge in [-0.3, -0.25) is 19.3 Å². The normalized spacial score (nSPS) is 12.4. The van der Waals surface area contributed by atoms with E-state index in [1.807, 2.05) is 0 Å². The minimum absolute atomic E-state index is 0.00407. The summed E-state index contributed by atoms with van der Waals surface area (Å²) in [6, 6.07) is -1.12. The standard InChI is InChI=1S/C8H14N2O6/c9-5(8(15)16)1-2-10(3-6(11)12)4-7(13)14/h5H,1-4,9H2,(H,11,12)(H,13,14)(H,15,16). The first-order valence-electron chi connectivity index (χ1n) is 4.47. The molecule has 0 aromatic carbocycles. The van der Waals surface area contributed by atoms with Gasteiger partial charge in [-0.05, 0) is 6.42 Å². The number of aliphatic carboxylic acids is 3. The van der Waals surface area contributed by atoms with Gasteiger partial charge in [0.05, 0.1) is 13.1 Å². The summed E-state index contributed by atoms with van der Waals surface area (Å²) in [5, 5.41) is 25.5. The van der Waals surface area contributed by atoms with Gasteiger partial charge in [-0.2, -0.15) is 0 Å². The molecule has 1 atom stereocenters. The Labute approximate surface area is 91.3 Å². The van der Waals surface area contributed by atoms with Crippen LogP contribution in [0.2, 0.25) is 0 Å². The topological polar surface area (TPSA) is 141 Å². The summed E-state index contributed by atoms with van der Waals surface area (Å²) in [6.07, 6.45) is -0.00407. The van der Waals surface area contributed by atoms with Crippen LogP contribution in [0.4, 0.5) is 0 Å². The Morgan fingerprint density at radius 1 is 1.06 bits per heavy atom. The summed E-state index contributed by atoms with van der Waals surface area (Å²) in [4.78, 5) is 32.3. The highest BCUT2D eigenvalue weighted by Gasteiger charge is 2.17. The van der Waals surface area contributed by atoms with E-state index < -0.39 is 37.0 Å². The molecule has 0 aliphatic carbocycles. The molecule has 0 bridgehead atoms. The van der Waals surface area contributed by atoms with Crippen molar-refractivity contribution in [3.05, 3.63) is 0 Å². The molecule has 16 heavy (non-hydrogen) atoms. The highest BCUT2D eigenvalue weighted by Crippen LogP contribution is 1.95. The van der Waals surface area contributed by atoms with E-state index in [-0.39, 0.29) is 13.0 Å². The van der Waals surface area contributed by atoms with Gasteiger partial charge in [0.25, 0.3) is 0 Å². The zero-order valence-corrected chi connectivity index (χ0v) is 8.50. The molecule has 0 aliphatic heterocycles. The van der Waals surface area contributed by atoms with Crippen molar-refractivity contribution >= 4 is 17.9 Å². The average Bonchev–Trinajstić information content (AvgIpc) is 2.11. The number of nitrogens with two attached hydrogens (primary N) is 1. The van der Waals surface area contributed by atoms with E-state index in [4.69, 9.17) is 21.1 Å². The van der Waals surface area contributed by atoms with Crippen LogP contribution in [0, 0.1) is 0 Å². The van der Waals surface area contributed by atoms with Gasteiger partial charge in [-0.15, -0.1) is 0 Å². The smallest absolute Gasteiger partial charge is 0.320 e. The highest BCUT2D eigenvalue weighted by molar-refractivity contribution is 5.73. The fraction of sp³-hybridized carbons (Fsp3) is 0.625. The average molecular weight is 234 g/mol. The van der Waals surface area contributed by atoms with Crippen LogP contribution in [0.5, 0.6) is 0 Å². The van der Waals surface area contributed by atoms with Crippen LogP contribution in [0.25, 0.3) is 0 Å². The Morgan fingerprint density at radius 3 is 1.81 bits per heavy atom. The summed E-state index contributed by atoms with van der Waals surface area (Å²) < 4.78 is 0. The number of rotatable bonds is 8. The largest absolute Gasteiger partial charge is 0.480 e. The van der Waals surface area contributed by atoms with E-state index in [9.17, 15) is 14.4 Å². The molecular formula is C8H14N2O6. The quantitative estimate of drug-likeness (QED) is 0.387. The first-order valence-corrected chi connectivity index (χ1v) is 4.47. The van der Waals surface area contributed by atoms with Crippen LogP contribution in [-0.4, -0.2) is 63.8 Å². The van der Waals surface area contributed by atoms with Crippen LogP contribution in [0.3, 0.4) is 0 Å². The summed E-state index contributed by atoms with van der Waals surface area (Å²) in [5.41, 5.74) is 5.21.